The number of ether oxygens (including phenoxy) is 1. The number of benzene rings is 1. The molecule has 1 N–H and O–H groups in total. The van der Waals surface area contributed by atoms with Crippen LogP contribution >= 0.6 is 0 Å². The summed E-state index contributed by atoms with van der Waals surface area (Å²) in [6, 6.07) is 7.92. The molecule has 2 saturated heterocycles. The van der Waals surface area contributed by atoms with Gasteiger partial charge in [0, 0.05) is 26.2 Å². The zero-order chi connectivity index (χ0) is 19.1. The number of piperidine rings is 1. The molecule has 1 aromatic carbocycles. The number of rotatable bonds is 5. The summed E-state index contributed by atoms with van der Waals surface area (Å²) in [4.78, 5) is 17.2. The lowest BCUT2D eigenvalue weighted by molar-refractivity contribution is 0.160. The number of carbonyl (C=O) groups is 1. The second-order valence-corrected chi connectivity index (χ2v) is 8.27. The largest absolute Gasteiger partial charge is 0.497 e. The van der Waals surface area contributed by atoms with E-state index >= 15 is 0 Å². The van der Waals surface area contributed by atoms with E-state index in [-0.39, 0.29) is 6.03 Å². The maximum atomic E-state index is 12.6. The van der Waals surface area contributed by atoms with E-state index in [2.05, 4.69) is 17.1 Å². The summed E-state index contributed by atoms with van der Waals surface area (Å²) in [5.41, 5.74) is 1.09. The molecule has 150 valence electrons. The summed E-state index contributed by atoms with van der Waals surface area (Å²) in [7, 11) is 1.66. The lowest BCUT2D eigenvalue weighted by atomic mass is 9.95. The van der Waals surface area contributed by atoms with Gasteiger partial charge in [-0.1, -0.05) is 19.1 Å². The van der Waals surface area contributed by atoms with Crippen LogP contribution < -0.4 is 10.1 Å². The Labute approximate surface area is 164 Å². The number of urea groups is 1. The first-order valence-electron chi connectivity index (χ1n) is 10.5. The Morgan fingerprint density at radius 1 is 1.07 bits per heavy atom. The summed E-state index contributed by atoms with van der Waals surface area (Å²) in [6.07, 6.45) is 6.17. The fraction of sp³-hybridized carbons (Fsp3) is 0.682. The lowest BCUT2D eigenvalue weighted by Gasteiger charge is -2.32. The molecule has 1 unspecified atom stereocenters. The highest BCUT2D eigenvalue weighted by Crippen LogP contribution is 2.22. The Balaban J connectivity index is 1.40. The molecule has 0 saturated carbocycles. The summed E-state index contributed by atoms with van der Waals surface area (Å²) in [5, 5.41) is 3.07. The van der Waals surface area contributed by atoms with E-state index < -0.39 is 0 Å². The van der Waals surface area contributed by atoms with Gasteiger partial charge in [-0.25, -0.2) is 4.79 Å². The fourth-order valence-electron chi connectivity index (χ4n) is 4.19. The summed E-state index contributed by atoms with van der Waals surface area (Å²) in [6.45, 7) is 8.41. The third-order valence-corrected chi connectivity index (χ3v) is 6.13. The highest BCUT2D eigenvalue weighted by molar-refractivity contribution is 5.74. The molecule has 2 amide bonds. The van der Waals surface area contributed by atoms with Gasteiger partial charge in [-0.3, -0.25) is 0 Å². The standard InChI is InChI=1S/C22H35N3O2/c1-18-9-13-24(14-10-18)17-20-4-3-12-25(15-11-20)22(26)23-16-19-5-7-21(27-2)8-6-19/h5-8,18,20H,3-4,9-17H2,1-2H3,(H,23,26). The zero-order valence-corrected chi connectivity index (χ0v) is 17.0. The van der Waals surface area contributed by atoms with Crippen LogP contribution in [0.2, 0.25) is 0 Å². The number of likely N-dealkylation sites (tertiary alicyclic amines) is 2. The van der Waals surface area contributed by atoms with E-state index in [1.165, 1.54) is 38.9 Å². The molecule has 2 heterocycles. The van der Waals surface area contributed by atoms with Crippen LogP contribution in [0, 0.1) is 11.8 Å². The van der Waals surface area contributed by atoms with Crippen LogP contribution in [0.5, 0.6) is 5.75 Å². The van der Waals surface area contributed by atoms with Crippen LogP contribution in [0.1, 0.15) is 44.6 Å². The number of methoxy groups -OCH3 is 1. The molecular weight excluding hydrogens is 338 g/mol. The third kappa shape index (κ3) is 6.13. The number of nitrogens with one attached hydrogen (secondary N) is 1. The summed E-state index contributed by atoms with van der Waals surface area (Å²) < 4.78 is 5.17. The van der Waals surface area contributed by atoms with Crippen LogP contribution in [-0.4, -0.2) is 55.7 Å². The molecule has 0 radical (unpaired) electrons. The summed E-state index contributed by atoms with van der Waals surface area (Å²) >= 11 is 0. The normalized spacial score (nSPS) is 22.3. The van der Waals surface area contributed by atoms with Gasteiger partial charge < -0.3 is 19.9 Å². The molecule has 2 fully saturated rings. The van der Waals surface area contributed by atoms with Gasteiger partial charge in [-0.15, -0.1) is 0 Å². The van der Waals surface area contributed by atoms with Crippen molar-refractivity contribution in [3.8, 4) is 5.75 Å². The molecule has 0 aliphatic carbocycles. The molecule has 5 nitrogen and oxygen atoms in total. The van der Waals surface area contributed by atoms with Crippen molar-refractivity contribution in [1.29, 1.82) is 0 Å². The lowest BCUT2D eigenvalue weighted by Crippen LogP contribution is -2.40. The van der Waals surface area contributed by atoms with Crippen molar-refractivity contribution in [2.75, 3.05) is 39.8 Å². The minimum atomic E-state index is 0.0678. The highest BCUT2D eigenvalue weighted by atomic mass is 16.5. The molecule has 1 aromatic rings. The SMILES string of the molecule is COc1ccc(CNC(=O)N2CCCC(CN3CCC(C)CC3)CC2)cc1. The summed E-state index contributed by atoms with van der Waals surface area (Å²) in [5.74, 6) is 2.46. The smallest absolute Gasteiger partial charge is 0.317 e. The van der Waals surface area contributed by atoms with Gasteiger partial charge in [0.15, 0.2) is 0 Å². The molecular formula is C22H35N3O2. The fourth-order valence-corrected chi connectivity index (χ4v) is 4.19. The maximum absolute atomic E-state index is 12.6. The number of amides is 2. The van der Waals surface area contributed by atoms with Crippen LogP contribution in [0.3, 0.4) is 0 Å². The second-order valence-electron chi connectivity index (χ2n) is 8.27. The number of hydrogen-bond donors (Lipinski definition) is 1. The van der Waals surface area contributed by atoms with Gasteiger partial charge in [0.25, 0.3) is 0 Å². The van der Waals surface area contributed by atoms with E-state index in [0.29, 0.717) is 6.54 Å². The van der Waals surface area contributed by atoms with E-state index in [1.54, 1.807) is 7.11 Å². The molecule has 27 heavy (non-hydrogen) atoms. The first-order valence-corrected chi connectivity index (χ1v) is 10.5. The van der Waals surface area contributed by atoms with Crippen LogP contribution in [0.25, 0.3) is 0 Å². The van der Waals surface area contributed by atoms with E-state index in [4.69, 9.17) is 4.74 Å². The van der Waals surface area contributed by atoms with Gasteiger partial charge in [-0.2, -0.15) is 0 Å². The predicted molar refractivity (Wildman–Crippen MR) is 109 cm³/mol. The minimum absolute atomic E-state index is 0.0678. The Hall–Kier alpha value is -1.75. The molecule has 1 atom stereocenters. The average Bonchev–Trinajstić information content (AvgIpc) is 2.94. The second kappa shape index (κ2) is 9.98. The van der Waals surface area contributed by atoms with Gasteiger partial charge in [0.1, 0.15) is 5.75 Å². The molecule has 5 heteroatoms. The Morgan fingerprint density at radius 3 is 2.52 bits per heavy atom. The van der Waals surface area contributed by atoms with Crippen molar-refractivity contribution in [2.45, 2.75) is 45.6 Å². The van der Waals surface area contributed by atoms with Crippen molar-refractivity contribution in [3.05, 3.63) is 29.8 Å². The van der Waals surface area contributed by atoms with E-state index in [9.17, 15) is 4.79 Å². The molecule has 3 rings (SSSR count). The first kappa shape index (κ1) is 20.0. The van der Waals surface area contributed by atoms with Crippen molar-refractivity contribution in [1.82, 2.24) is 15.1 Å². The first-order chi connectivity index (χ1) is 13.1. The Kier molecular flexibility index (Phi) is 7.39. The molecule has 2 aliphatic rings. The topological polar surface area (TPSA) is 44.8 Å². The molecule has 0 aromatic heterocycles. The highest BCUT2D eigenvalue weighted by Gasteiger charge is 2.23. The monoisotopic (exact) mass is 373 g/mol. The minimum Gasteiger partial charge on any atom is -0.497 e. The van der Waals surface area contributed by atoms with Crippen molar-refractivity contribution >= 4 is 6.03 Å². The third-order valence-electron chi connectivity index (χ3n) is 6.13. The van der Waals surface area contributed by atoms with Gasteiger partial charge >= 0.3 is 6.03 Å². The van der Waals surface area contributed by atoms with E-state index in [1.807, 2.05) is 29.2 Å². The number of nitrogens with zero attached hydrogens (tertiary/aromatic N) is 2. The quantitative estimate of drug-likeness (QED) is 0.855. The van der Waals surface area contributed by atoms with Crippen LogP contribution in [0.4, 0.5) is 4.79 Å². The van der Waals surface area contributed by atoms with Gasteiger partial charge in [0.2, 0.25) is 0 Å². The van der Waals surface area contributed by atoms with Crippen molar-refractivity contribution in [3.63, 3.8) is 0 Å². The molecule has 0 bridgehead atoms. The van der Waals surface area contributed by atoms with E-state index in [0.717, 1.165) is 49.1 Å². The maximum Gasteiger partial charge on any atom is 0.317 e. The number of carbonyl (C=O) groups excluding carboxylic acids is 1. The van der Waals surface area contributed by atoms with Crippen molar-refractivity contribution < 1.29 is 9.53 Å². The Morgan fingerprint density at radius 2 is 1.81 bits per heavy atom. The Bertz CT molecular complexity index is 582. The average molecular weight is 374 g/mol. The zero-order valence-electron chi connectivity index (χ0n) is 17.0. The molecule has 0 spiro atoms. The predicted octanol–water partition coefficient (Wildman–Crippen LogP) is 3.74. The van der Waals surface area contributed by atoms with Gasteiger partial charge in [-0.05, 0) is 74.7 Å². The van der Waals surface area contributed by atoms with Gasteiger partial charge in [0.05, 0.1) is 7.11 Å². The number of hydrogen-bond acceptors (Lipinski definition) is 3. The molecule has 2 aliphatic heterocycles. The van der Waals surface area contributed by atoms with Crippen LogP contribution in [0.15, 0.2) is 24.3 Å². The van der Waals surface area contributed by atoms with Crippen molar-refractivity contribution in [2.24, 2.45) is 11.8 Å². The van der Waals surface area contributed by atoms with Crippen LogP contribution in [-0.2, 0) is 6.54 Å².